The molecule has 2 bridgehead atoms. The highest BCUT2D eigenvalue weighted by Gasteiger charge is 2.45. The van der Waals surface area contributed by atoms with Gasteiger partial charge in [0, 0.05) is 0 Å². The summed E-state index contributed by atoms with van der Waals surface area (Å²) in [5, 5.41) is 0. The van der Waals surface area contributed by atoms with Gasteiger partial charge in [-0.05, 0) is 55.8 Å². The molecular formula is C13H20O2. The molecule has 0 aromatic carbocycles. The van der Waals surface area contributed by atoms with Crippen LogP contribution >= 0.6 is 0 Å². The largest absolute Gasteiger partial charge is 0.465 e. The lowest BCUT2D eigenvalue weighted by molar-refractivity contribution is -0.141. The van der Waals surface area contributed by atoms with Gasteiger partial charge in [-0.15, -0.1) is 0 Å². The van der Waals surface area contributed by atoms with Crippen molar-refractivity contribution in [3.63, 3.8) is 0 Å². The predicted octanol–water partition coefficient (Wildman–Crippen LogP) is 2.62. The number of esters is 1. The van der Waals surface area contributed by atoms with Crippen LogP contribution in [-0.2, 0) is 9.53 Å². The van der Waals surface area contributed by atoms with E-state index in [1.807, 2.05) is 0 Å². The third kappa shape index (κ3) is 1.58. The zero-order valence-electron chi connectivity index (χ0n) is 9.45. The van der Waals surface area contributed by atoms with Crippen molar-refractivity contribution in [2.45, 2.75) is 39.0 Å². The van der Waals surface area contributed by atoms with Crippen LogP contribution in [-0.4, -0.2) is 12.6 Å². The lowest BCUT2D eigenvalue weighted by atomic mass is 9.78. The van der Waals surface area contributed by atoms with E-state index in [1.165, 1.54) is 19.3 Å². The monoisotopic (exact) mass is 208 g/mol. The van der Waals surface area contributed by atoms with Crippen molar-refractivity contribution in [3.05, 3.63) is 0 Å². The summed E-state index contributed by atoms with van der Waals surface area (Å²) in [5.41, 5.74) is 0. The molecule has 84 valence electrons. The molecule has 2 heteroatoms. The summed E-state index contributed by atoms with van der Waals surface area (Å²) < 4.78 is 5.04. The fraction of sp³-hybridized carbons (Fsp3) is 0.923. The highest BCUT2D eigenvalue weighted by molar-refractivity contribution is 5.74. The molecule has 2 nitrogen and oxygen atoms in total. The first kappa shape index (κ1) is 9.68. The first-order valence-electron chi connectivity index (χ1n) is 6.40. The summed E-state index contributed by atoms with van der Waals surface area (Å²) in [6.45, 7) is 3.06. The summed E-state index contributed by atoms with van der Waals surface area (Å²) in [4.78, 5) is 11.4. The van der Waals surface area contributed by atoms with Crippen LogP contribution in [0.3, 0.4) is 0 Å². The molecule has 2 aliphatic carbocycles. The van der Waals surface area contributed by atoms with E-state index < -0.39 is 0 Å². The Labute approximate surface area is 91.4 Å². The minimum Gasteiger partial charge on any atom is -0.465 e. The van der Waals surface area contributed by atoms with Gasteiger partial charge in [0.05, 0.1) is 12.5 Å². The maximum Gasteiger partial charge on any atom is 0.309 e. The number of ether oxygens (including phenoxy) is 1. The van der Waals surface area contributed by atoms with Crippen LogP contribution in [0.25, 0.3) is 0 Å². The molecule has 3 aliphatic rings. The molecule has 15 heavy (non-hydrogen) atoms. The predicted molar refractivity (Wildman–Crippen MR) is 57.2 cm³/mol. The van der Waals surface area contributed by atoms with Gasteiger partial charge in [-0.3, -0.25) is 4.79 Å². The number of hydrogen-bond donors (Lipinski definition) is 0. The van der Waals surface area contributed by atoms with Crippen molar-refractivity contribution >= 4 is 5.97 Å². The molecule has 0 N–H and O–H groups in total. The van der Waals surface area contributed by atoms with E-state index in [0.29, 0.717) is 6.61 Å². The third-order valence-corrected chi connectivity index (χ3v) is 4.99. The van der Waals surface area contributed by atoms with Crippen molar-refractivity contribution in [2.24, 2.45) is 29.6 Å². The molecule has 0 aromatic rings. The van der Waals surface area contributed by atoms with Gasteiger partial charge in [-0.1, -0.05) is 6.92 Å². The van der Waals surface area contributed by atoms with Gasteiger partial charge < -0.3 is 4.74 Å². The number of carbonyl (C=O) groups is 1. The summed E-state index contributed by atoms with van der Waals surface area (Å²) >= 11 is 0. The number of fused-ring (bicyclic) bond motifs is 2. The number of carbonyl (C=O) groups excluding carboxylic acids is 1. The molecule has 3 fully saturated rings. The lowest BCUT2D eigenvalue weighted by Gasteiger charge is -2.26. The standard InChI is InChI=1S/C13H20O2/c1-8-4-11-6-10(8)7-12(11)5-9-2-3-15-13(9)14/h8-12H,2-7H2,1H3. The molecule has 0 spiro atoms. The van der Waals surface area contributed by atoms with Gasteiger partial charge in [0.2, 0.25) is 0 Å². The number of hydrogen-bond acceptors (Lipinski definition) is 2. The molecule has 1 aliphatic heterocycles. The Hall–Kier alpha value is -0.530. The van der Waals surface area contributed by atoms with Crippen LogP contribution in [0.1, 0.15) is 39.0 Å². The molecule has 0 amide bonds. The van der Waals surface area contributed by atoms with Gasteiger partial charge in [0.1, 0.15) is 0 Å². The molecule has 1 heterocycles. The SMILES string of the molecule is CC1CC2CC1CC2CC1CCOC1=O. The van der Waals surface area contributed by atoms with E-state index in [4.69, 9.17) is 4.74 Å². The minimum absolute atomic E-state index is 0.0748. The van der Waals surface area contributed by atoms with Crippen molar-refractivity contribution in [1.29, 1.82) is 0 Å². The van der Waals surface area contributed by atoms with E-state index in [2.05, 4.69) is 6.92 Å². The third-order valence-electron chi connectivity index (χ3n) is 4.99. The van der Waals surface area contributed by atoms with E-state index in [0.717, 1.165) is 36.5 Å². The molecule has 0 radical (unpaired) electrons. The second-order valence-corrected chi connectivity index (χ2v) is 5.85. The number of cyclic esters (lactones) is 1. The van der Waals surface area contributed by atoms with E-state index in [-0.39, 0.29) is 11.9 Å². The minimum atomic E-state index is 0.0748. The summed E-state index contributed by atoms with van der Waals surface area (Å²) in [7, 11) is 0. The second-order valence-electron chi connectivity index (χ2n) is 5.85. The molecule has 5 atom stereocenters. The van der Waals surface area contributed by atoms with Gasteiger partial charge >= 0.3 is 5.97 Å². The topological polar surface area (TPSA) is 26.3 Å². The summed E-state index contributed by atoms with van der Waals surface area (Å²) in [5.74, 6) is 4.00. The first-order valence-corrected chi connectivity index (χ1v) is 6.40. The van der Waals surface area contributed by atoms with Crippen LogP contribution in [0, 0.1) is 29.6 Å². The highest BCUT2D eigenvalue weighted by atomic mass is 16.5. The van der Waals surface area contributed by atoms with Crippen molar-refractivity contribution < 1.29 is 9.53 Å². The quantitative estimate of drug-likeness (QED) is 0.652. The molecule has 2 saturated carbocycles. The zero-order chi connectivity index (χ0) is 10.4. The Balaban J connectivity index is 1.59. The highest BCUT2D eigenvalue weighted by Crippen LogP contribution is 2.53. The maximum atomic E-state index is 11.4. The van der Waals surface area contributed by atoms with Crippen LogP contribution in [0.15, 0.2) is 0 Å². The number of rotatable bonds is 2. The van der Waals surface area contributed by atoms with E-state index >= 15 is 0 Å². The van der Waals surface area contributed by atoms with Crippen molar-refractivity contribution in [2.75, 3.05) is 6.61 Å². The van der Waals surface area contributed by atoms with Gasteiger partial charge in [-0.25, -0.2) is 0 Å². The summed E-state index contributed by atoms with van der Waals surface area (Å²) in [6, 6.07) is 0. The summed E-state index contributed by atoms with van der Waals surface area (Å²) in [6.07, 6.45) is 6.33. The van der Waals surface area contributed by atoms with Crippen LogP contribution < -0.4 is 0 Å². The lowest BCUT2D eigenvalue weighted by Crippen LogP contribution is -2.20. The van der Waals surface area contributed by atoms with Crippen molar-refractivity contribution in [1.82, 2.24) is 0 Å². The molecule has 5 unspecified atom stereocenters. The average molecular weight is 208 g/mol. The fourth-order valence-electron chi connectivity index (χ4n) is 4.09. The van der Waals surface area contributed by atoms with Crippen LogP contribution in [0.5, 0.6) is 0 Å². The van der Waals surface area contributed by atoms with E-state index in [9.17, 15) is 4.79 Å². The Bertz CT molecular complexity index is 272. The molecule has 0 aromatic heterocycles. The first-order chi connectivity index (χ1) is 7.24. The Morgan fingerprint density at radius 3 is 2.67 bits per heavy atom. The Kier molecular flexibility index (Phi) is 2.26. The Morgan fingerprint density at radius 2 is 2.13 bits per heavy atom. The zero-order valence-corrected chi connectivity index (χ0v) is 9.45. The average Bonchev–Trinajstić information content (AvgIpc) is 2.84. The van der Waals surface area contributed by atoms with Crippen LogP contribution in [0.2, 0.25) is 0 Å². The normalized spacial score (nSPS) is 48.6. The molecular weight excluding hydrogens is 188 g/mol. The van der Waals surface area contributed by atoms with Gasteiger partial charge in [0.15, 0.2) is 0 Å². The molecule has 3 rings (SSSR count). The van der Waals surface area contributed by atoms with E-state index in [1.54, 1.807) is 0 Å². The van der Waals surface area contributed by atoms with Gasteiger partial charge in [-0.2, -0.15) is 0 Å². The fourth-order valence-corrected chi connectivity index (χ4v) is 4.09. The van der Waals surface area contributed by atoms with Crippen LogP contribution in [0.4, 0.5) is 0 Å². The smallest absolute Gasteiger partial charge is 0.309 e. The second kappa shape index (κ2) is 3.50. The maximum absolute atomic E-state index is 11.4. The Morgan fingerprint density at radius 1 is 1.27 bits per heavy atom. The van der Waals surface area contributed by atoms with Gasteiger partial charge in [0.25, 0.3) is 0 Å². The molecule has 1 saturated heterocycles. The van der Waals surface area contributed by atoms with Crippen molar-refractivity contribution in [3.8, 4) is 0 Å².